The van der Waals surface area contributed by atoms with Crippen molar-refractivity contribution in [2.75, 3.05) is 20.1 Å². The lowest BCUT2D eigenvalue weighted by molar-refractivity contribution is 0.0583. The highest BCUT2D eigenvalue weighted by atomic mass is 16.3. The molecule has 1 fully saturated rings. The van der Waals surface area contributed by atoms with Crippen molar-refractivity contribution < 1.29 is 9.90 Å². The molecule has 100 valence electrons. The molecule has 5 nitrogen and oxygen atoms in total. The van der Waals surface area contributed by atoms with Gasteiger partial charge < -0.3 is 20.3 Å². The minimum absolute atomic E-state index is 0.0646. The number of aliphatic hydroxyl groups excluding tert-OH is 1. The SMILES string of the molecule is CN(C(=O)c1c[nH]c2ccccc12)[C@H]1CNC[C@@H]1O. The van der Waals surface area contributed by atoms with Crippen LogP contribution in [0.25, 0.3) is 10.9 Å². The van der Waals surface area contributed by atoms with Crippen LogP contribution >= 0.6 is 0 Å². The highest BCUT2D eigenvalue weighted by molar-refractivity contribution is 6.06. The first-order valence-corrected chi connectivity index (χ1v) is 6.40. The Hall–Kier alpha value is -1.85. The molecule has 1 aromatic heterocycles. The summed E-state index contributed by atoms with van der Waals surface area (Å²) in [5, 5.41) is 13.9. The van der Waals surface area contributed by atoms with E-state index in [0.29, 0.717) is 18.7 Å². The molecule has 19 heavy (non-hydrogen) atoms. The van der Waals surface area contributed by atoms with Gasteiger partial charge in [0.15, 0.2) is 0 Å². The topological polar surface area (TPSA) is 68.4 Å². The number of aliphatic hydroxyl groups is 1. The van der Waals surface area contributed by atoms with Gasteiger partial charge in [0.25, 0.3) is 5.91 Å². The molecule has 0 bridgehead atoms. The normalized spacial score (nSPS) is 22.8. The zero-order valence-corrected chi connectivity index (χ0v) is 10.8. The summed E-state index contributed by atoms with van der Waals surface area (Å²) in [4.78, 5) is 17.2. The second kappa shape index (κ2) is 4.68. The van der Waals surface area contributed by atoms with E-state index in [1.54, 1.807) is 18.1 Å². The number of β-amino-alcohol motifs (C(OH)–C–C–N with tert-alkyl or cyclic N) is 1. The molecule has 0 saturated carbocycles. The van der Waals surface area contributed by atoms with Gasteiger partial charge in [0.1, 0.15) is 0 Å². The summed E-state index contributed by atoms with van der Waals surface area (Å²) in [5.74, 6) is -0.0646. The van der Waals surface area contributed by atoms with E-state index in [4.69, 9.17) is 0 Å². The number of fused-ring (bicyclic) bond motifs is 1. The molecular formula is C14H17N3O2. The zero-order valence-electron chi connectivity index (χ0n) is 10.8. The smallest absolute Gasteiger partial charge is 0.256 e. The third-order valence-electron chi connectivity index (χ3n) is 3.79. The van der Waals surface area contributed by atoms with E-state index in [-0.39, 0.29) is 11.9 Å². The van der Waals surface area contributed by atoms with Crippen LogP contribution in [0, 0.1) is 0 Å². The van der Waals surface area contributed by atoms with Crippen molar-refractivity contribution in [2.24, 2.45) is 0 Å². The quantitative estimate of drug-likeness (QED) is 0.738. The lowest BCUT2D eigenvalue weighted by Crippen LogP contribution is -2.44. The highest BCUT2D eigenvalue weighted by Gasteiger charge is 2.32. The molecule has 1 aliphatic rings. The molecule has 0 radical (unpaired) electrons. The first-order valence-electron chi connectivity index (χ1n) is 6.40. The number of benzene rings is 1. The molecule has 1 aliphatic heterocycles. The van der Waals surface area contributed by atoms with Gasteiger partial charge in [-0.1, -0.05) is 18.2 Å². The summed E-state index contributed by atoms with van der Waals surface area (Å²) in [6.45, 7) is 1.17. The Balaban J connectivity index is 1.91. The number of rotatable bonds is 2. The summed E-state index contributed by atoms with van der Waals surface area (Å²) in [5.41, 5.74) is 1.60. The number of hydrogen-bond acceptors (Lipinski definition) is 3. The lowest BCUT2D eigenvalue weighted by Gasteiger charge is -2.26. The third-order valence-corrected chi connectivity index (χ3v) is 3.79. The molecule has 5 heteroatoms. The summed E-state index contributed by atoms with van der Waals surface area (Å²) < 4.78 is 0. The van der Waals surface area contributed by atoms with Crippen molar-refractivity contribution in [1.29, 1.82) is 0 Å². The fourth-order valence-corrected chi connectivity index (χ4v) is 2.64. The summed E-state index contributed by atoms with van der Waals surface area (Å²) in [7, 11) is 1.74. The van der Waals surface area contributed by atoms with Crippen LogP contribution in [0.4, 0.5) is 0 Å². The standard InChI is InChI=1S/C14H17N3O2/c1-17(12-7-15-8-13(12)18)14(19)10-6-16-11-5-3-2-4-9(10)11/h2-6,12-13,15-16,18H,7-8H2,1H3/t12-,13-/m0/s1. The molecule has 0 aliphatic carbocycles. The minimum atomic E-state index is -0.501. The Kier molecular flexibility index (Phi) is 3.00. The largest absolute Gasteiger partial charge is 0.390 e. The van der Waals surface area contributed by atoms with Crippen LogP contribution in [0.2, 0.25) is 0 Å². The average Bonchev–Trinajstić information content (AvgIpc) is 3.03. The third kappa shape index (κ3) is 2.01. The molecule has 3 N–H and O–H groups in total. The van der Waals surface area contributed by atoms with Crippen molar-refractivity contribution in [3.05, 3.63) is 36.0 Å². The van der Waals surface area contributed by atoms with Gasteiger partial charge in [-0.3, -0.25) is 4.79 Å². The van der Waals surface area contributed by atoms with Gasteiger partial charge >= 0.3 is 0 Å². The van der Waals surface area contributed by atoms with Crippen molar-refractivity contribution in [2.45, 2.75) is 12.1 Å². The molecule has 2 aromatic rings. The Morgan fingerprint density at radius 1 is 1.37 bits per heavy atom. The second-order valence-electron chi connectivity index (χ2n) is 4.96. The number of nitrogens with zero attached hydrogens (tertiary/aromatic N) is 1. The molecule has 0 spiro atoms. The van der Waals surface area contributed by atoms with Crippen LogP contribution in [-0.4, -0.2) is 53.2 Å². The molecule has 1 aromatic carbocycles. The fraction of sp³-hybridized carbons (Fsp3) is 0.357. The van der Waals surface area contributed by atoms with Gasteiger partial charge in [-0.2, -0.15) is 0 Å². The Morgan fingerprint density at radius 3 is 2.89 bits per heavy atom. The number of aromatic nitrogens is 1. The number of nitrogens with one attached hydrogen (secondary N) is 2. The van der Waals surface area contributed by atoms with Gasteiger partial charge in [0.05, 0.1) is 17.7 Å². The second-order valence-corrected chi connectivity index (χ2v) is 4.96. The van der Waals surface area contributed by atoms with Crippen LogP contribution in [-0.2, 0) is 0 Å². The fourth-order valence-electron chi connectivity index (χ4n) is 2.64. The molecule has 2 atom stereocenters. The van der Waals surface area contributed by atoms with E-state index < -0.39 is 6.10 Å². The van der Waals surface area contributed by atoms with Crippen LogP contribution in [0.15, 0.2) is 30.5 Å². The van der Waals surface area contributed by atoms with Gasteiger partial charge in [-0.15, -0.1) is 0 Å². The number of likely N-dealkylation sites (N-methyl/N-ethyl adjacent to an activating group) is 1. The molecule has 1 amide bonds. The van der Waals surface area contributed by atoms with Crippen molar-refractivity contribution >= 4 is 16.8 Å². The number of aromatic amines is 1. The maximum atomic E-state index is 12.5. The van der Waals surface area contributed by atoms with Crippen LogP contribution in [0.5, 0.6) is 0 Å². The monoisotopic (exact) mass is 259 g/mol. The molecular weight excluding hydrogens is 242 g/mol. The summed E-state index contributed by atoms with van der Waals surface area (Å²) >= 11 is 0. The Morgan fingerprint density at radius 2 is 2.16 bits per heavy atom. The van der Waals surface area contributed by atoms with Crippen molar-refractivity contribution in [1.82, 2.24) is 15.2 Å². The summed E-state index contributed by atoms with van der Waals surface area (Å²) in [6.07, 6.45) is 1.23. The first-order chi connectivity index (χ1) is 9.18. The minimum Gasteiger partial charge on any atom is -0.390 e. The molecule has 3 rings (SSSR count). The number of carbonyl (C=O) groups is 1. The maximum Gasteiger partial charge on any atom is 0.256 e. The van der Waals surface area contributed by atoms with Gasteiger partial charge in [0, 0.05) is 37.2 Å². The number of H-pyrrole nitrogens is 1. The van der Waals surface area contributed by atoms with Crippen LogP contribution < -0.4 is 5.32 Å². The van der Waals surface area contributed by atoms with E-state index >= 15 is 0 Å². The van der Waals surface area contributed by atoms with E-state index in [9.17, 15) is 9.90 Å². The van der Waals surface area contributed by atoms with Crippen molar-refractivity contribution in [3.63, 3.8) is 0 Å². The number of carbonyl (C=O) groups excluding carboxylic acids is 1. The van der Waals surface area contributed by atoms with Gasteiger partial charge in [-0.05, 0) is 6.07 Å². The zero-order chi connectivity index (χ0) is 13.4. The van der Waals surface area contributed by atoms with Gasteiger partial charge in [-0.25, -0.2) is 0 Å². The lowest BCUT2D eigenvalue weighted by atomic mass is 10.1. The molecule has 2 heterocycles. The Bertz CT molecular complexity index is 608. The Labute approximate surface area is 111 Å². The van der Waals surface area contributed by atoms with Crippen LogP contribution in [0.1, 0.15) is 10.4 Å². The maximum absolute atomic E-state index is 12.5. The number of amides is 1. The van der Waals surface area contributed by atoms with E-state index in [1.165, 1.54) is 0 Å². The predicted octanol–water partition coefficient (Wildman–Crippen LogP) is 0.573. The van der Waals surface area contributed by atoms with E-state index in [1.807, 2.05) is 24.3 Å². The van der Waals surface area contributed by atoms with Gasteiger partial charge in [0.2, 0.25) is 0 Å². The van der Waals surface area contributed by atoms with E-state index in [0.717, 1.165) is 10.9 Å². The predicted molar refractivity (Wildman–Crippen MR) is 73.1 cm³/mol. The van der Waals surface area contributed by atoms with E-state index in [2.05, 4.69) is 10.3 Å². The summed E-state index contributed by atoms with van der Waals surface area (Å²) in [6, 6.07) is 7.55. The number of hydrogen-bond donors (Lipinski definition) is 3. The average molecular weight is 259 g/mol. The van der Waals surface area contributed by atoms with Crippen LogP contribution in [0.3, 0.4) is 0 Å². The molecule has 0 unspecified atom stereocenters. The molecule has 1 saturated heterocycles. The van der Waals surface area contributed by atoms with Crippen molar-refractivity contribution in [3.8, 4) is 0 Å². The number of para-hydroxylation sites is 1. The highest BCUT2D eigenvalue weighted by Crippen LogP contribution is 2.20. The first kappa shape index (κ1) is 12.2.